The van der Waals surface area contributed by atoms with Gasteiger partial charge in [-0.3, -0.25) is 14.5 Å². The minimum absolute atomic E-state index is 0. The topological polar surface area (TPSA) is 59.1 Å². The Morgan fingerprint density at radius 1 is 0.933 bits per heavy atom. The second-order valence-corrected chi connectivity index (χ2v) is 7.16. The van der Waals surface area contributed by atoms with Crippen molar-refractivity contribution in [3.63, 3.8) is 0 Å². The number of hydrogen-bond donors (Lipinski definition) is 0. The van der Waals surface area contributed by atoms with Gasteiger partial charge in [-0.05, 0) is 35.9 Å². The molecule has 2 heterocycles. The highest BCUT2D eigenvalue weighted by molar-refractivity contribution is 5.94. The number of carbonyl (C=O) groups is 2. The number of fused-ring (bicyclic) bond motifs is 1. The molecule has 1 fully saturated rings. The van der Waals surface area contributed by atoms with Gasteiger partial charge in [0.05, 0.1) is 0 Å². The van der Waals surface area contributed by atoms with E-state index in [4.69, 9.17) is 9.47 Å². The van der Waals surface area contributed by atoms with Crippen LogP contribution in [0.4, 0.5) is 0 Å². The van der Waals surface area contributed by atoms with E-state index in [0.29, 0.717) is 31.8 Å². The first-order chi connectivity index (χ1) is 14.2. The molecule has 0 bridgehead atoms. The minimum Gasteiger partial charge on any atom is -0.454 e. The highest BCUT2D eigenvalue weighted by Gasteiger charge is 2.22. The summed E-state index contributed by atoms with van der Waals surface area (Å²) in [7, 11) is 0. The average molecular weight is 429 g/mol. The third-order valence-corrected chi connectivity index (χ3v) is 5.21. The Hall–Kier alpha value is -2.83. The van der Waals surface area contributed by atoms with Gasteiger partial charge in [-0.1, -0.05) is 30.3 Å². The van der Waals surface area contributed by atoms with Crippen molar-refractivity contribution in [2.24, 2.45) is 0 Å². The Labute approximate surface area is 182 Å². The van der Waals surface area contributed by atoms with E-state index in [1.54, 1.807) is 12.2 Å². The lowest BCUT2D eigenvalue weighted by Gasteiger charge is -2.34. The van der Waals surface area contributed by atoms with Crippen molar-refractivity contribution < 1.29 is 19.1 Å². The summed E-state index contributed by atoms with van der Waals surface area (Å²) in [5.41, 5.74) is 1.64. The van der Waals surface area contributed by atoms with Crippen LogP contribution in [0.25, 0.3) is 6.08 Å². The second-order valence-electron chi connectivity index (χ2n) is 7.16. The maximum atomic E-state index is 12.5. The average Bonchev–Trinajstić information content (AvgIpc) is 3.24. The van der Waals surface area contributed by atoms with E-state index in [2.05, 4.69) is 4.90 Å². The third-order valence-electron chi connectivity index (χ3n) is 5.21. The summed E-state index contributed by atoms with van der Waals surface area (Å²) in [6, 6.07) is 15.0. The summed E-state index contributed by atoms with van der Waals surface area (Å²) in [6.45, 7) is 3.91. The van der Waals surface area contributed by atoms with Crippen molar-refractivity contribution in [3.8, 4) is 11.5 Å². The Kier molecular flexibility index (Phi) is 7.49. The molecular weight excluding hydrogens is 404 g/mol. The fourth-order valence-electron chi connectivity index (χ4n) is 3.50. The fourth-order valence-corrected chi connectivity index (χ4v) is 3.50. The van der Waals surface area contributed by atoms with E-state index < -0.39 is 0 Å². The number of benzene rings is 2. The number of amides is 1. The molecule has 0 atom stereocenters. The van der Waals surface area contributed by atoms with Crippen LogP contribution in [0.2, 0.25) is 0 Å². The van der Waals surface area contributed by atoms with Crippen molar-refractivity contribution in [3.05, 3.63) is 65.7 Å². The van der Waals surface area contributed by atoms with E-state index in [-0.39, 0.29) is 30.9 Å². The van der Waals surface area contributed by atoms with Crippen LogP contribution in [0.1, 0.15) is 22.3 Å². The van der Waals surface area contributed by atoms with Gasteiger partial charge < -0.3 is 14.4 Å². The molecule has 2 aromatic carbocycles. The Bertz CT molecular complexity index is 909. The van der Waals surface area contributed by atoms with Crippen LogP contribution in [0, 0.1) is 0 Å². The lowest BCUT2D eigenvalue weighted by Crippen LogP contribution is -2.49. The standard InChI is InChI=1S/C23H24N2O4.ClH/c26-20(8-6-18-7-9-21-22(16-18)29-17-28-21)10-11-24-12-14-25(15-13-24)23(27)19-4-2-1-3-5-19;/h1-9,16H,10-15,17H2;1H. The molecule has 0 aliphatic carbocycles. The highest BCUT2D eigenvalue weighted by atomic mass is 35.5. The SMILES string of the molecule is Cl.O=C(C=Cc1ccc2c(c1)OCO2)CCN1CCN(C(=O)c2ccccc2)CC1. The quantitative estimate of drug-likeness (QED) is 0.661. The van der Waals surface area contributed by atoms with Crippen molar-refractivity contribution in [1.82, 2.24) is 9.80 Å². The molecule has 2 aliphatic heterocycles. The van der Waals surface area contributed by atoms with Gasteiger partial charge in [-0.15, -0.1) is 12.4 Å². The molecule has 0 N–H and O–H groups in total. The summed E-state index contributed by atoms with van der Waals surface area (Å²) < 4.78 is 10.6. The zero-order chi connectivity index (χ0) is 20.1. The minimum atomic E-state index is 0. The number of nitrogens with zero attached hydrogens (tertiary/aromatic N) is 2. The molecule has 0 unspecified atom stereocenters. The van der Waals surface area contributed by atoms with E-state index in [0.717, 1.165) is 30.0 Å². The Balaban J connectivity index is 0.00000256. The second kappa shape index (κ2) is 10.3. The number of hydrogen-bond acceptors (Lipinski definition) is 5. The molecule has 1 amide bonds. The summed E-state index contributed by atoms with van der Waals surface area (Å²) in [5.74, 6) is 1.61. The van der Waals surface area contributed by atoms with Gasteiger partial charge in [0.25, 0.3) is 5.91 Å². The maximum absolute atomic E-state index is 12.5. The number of piperazine rings is 1. The van der Waals surface area contributed by atoms with Crippen LogP contribution in [-0.2, 0) is 4.79 Å². The largest absolute Gasteiger partial charge is 0.454 e. The molecule has 30 heavy (non-hydrogen) atoms. The number of ether oxygens (including phenoxy) is 2. The van der Waals surface area contributed by atoms with Gasteiger partial charge in [-0.2, -0.15) is 0 Å². The first-order valence-electron chi connectivity index (χ1n) is 9.86. The fraction of sp³-hybridized carbons (Fsp3) is 0.304. The zero-order valence-electron chi connectivity index (χ0n) is 16.7. The van der Waals surface area contributed by atoms with Crippen molar-refractivity contribution in [2.45, 2.75) is 6.42 Å². The number of allylic oxidation sites excluding steroid dienone is 1. The van der Waals surface area contributed by atoms with Crippen LogP contribution in [0.5, 0.6) is 11.5 Å². The highest BCUT2D eigenvalue weighted by Crippen LogP contribution is 2.32. The van der Waals surface area contributed by atoms with E-state index in [1.165, 1.54) is 0 Å². The molecule has 7 heteroatoms. The first kappa shape index (κ1) is 21.9. The number of rotatable bonds is 6. The zero-order valence-corrected chi connectivity index (χ0v) is 17.5. The van der Waals surface area contributed by atoms with E-state index in [1.807, 2.05) is 53.4 Å². The van der Waals surface area contributed by atoms with Gasteiger partial charge in [-0.25, -0.2) is 0 Å². The van der Waals surface area contributed by atoms with Crippen LogP contribution in [0.3, 0.4) is 0 Å². The van der Waals surface area contributed by atoms with Gasteiger partial charge in [0.15, 0.2) is 17.3 Å². The van der Waals surface area contributed by atoms with Crippen LogP contribution < -0.4 is 9.47 Å². The van der Waals surface area contributed by atoms with Crippen LogP contribution in [0.15, 0.2) is 54.6 Å². The summed E-state index contributed by atoms with van der Waals surface area (Å²) in [4.78, 5) is 28.8. The molecule has 158 valence electrons. The molecule has 2 aliphatic rings. The van der Waals surface area contributed by atoms with Crippen LogP contribution >= 0.6 is 12.4 Å². The van der Waals surface area contributed by atoms with Gasteiger partial charge in [0.2, 0.25) is 6.79 Å². The van der Waals surface area contributed by atoms with Crippen molar-refractivity contribution in [1.29, 1.82) is 0 Å². The van der Waals surface area contributed by atoms with Crippen molar-refractivity contribution >= 4 is 30.2 Å². The number of halogens is 1. The predicted octanol–water partition coefficient (Wildman–Crippen LogP) is 3.27. The maximum Gasteiger partial charge on any atom is 0.253 e. The monoisotopic (exact) mass is 428 g/mol. The smallest absolute Gasteiger partial charge is 0.253 e. The number of ketones is 1. The molecule has 4 rings (SSSR count). The molecule has 0 spiro atoms. The van der Waals surface area contributed by atoms with Gasteiger partial charge >= 0.3 is 0 Å². The molecule has 0 radical (unpaired) electrons. The summed E-state index contributed by atoms with van der Waals surface area (Å²) in [5, 5.41) is 0. The Morgan fingerprint density at radius 2 is 1.67 bits per heavy atom. The Morgan fingerprint density at radius 3 is 2.43 bits per heavy atom. The number of carbonyl (C=O) groups excluding carboxylic acids is 2. The lowest BCUT2D eigenvalue weighted by atomic mass is 10.1. The third kappa shape index (κ3) is 5.40. The van der Waals surface area contributed by atoms with E-state index in [9.17, 15) is 9.59 Å². The predicted molar refractivity (Wildman–Crippen MR) is 117 cm³/mol. The van der Waals surface area contributed by atoms with Crippen LogP contribution in [-0.4, -0.2) is 61.0 Å². The molecular formula is C23H25ClN2O4. The lowest BCUT2D eigenvalue weighted by molar-refractivity contribution is -0.114. The van der Waals surface area contributed by atoms with Crippen molar-refractivity contribution in [2.75, 3.05) is 39.5 Å². The summed E-state index contributed by atoms with van der Waals surface area (Å²) in [6.07, 6.45) is 3.89. The molecule has 0 aromatic heterocycles. The summed E-state index contributed by atoms with van der Waals surface area (Å²) >= 11 is 0. The van der Waals surface area contributed by atoms with Gasteiger partial charge in [0, 0.05) is 44.7 Å². The molecule has 0 saturated carbocycles. The normalized spacial score (nSPS) is 15.8. The van der Waals surface area contributed by atoms with E-state index >= 15 is 0 Å². The molecule has 1 saturated heterocycles. The molecule has 6 nitrogen and oxygen atoms in total. The van der Waals surface area contributed by atoms with Gasteiger partial charge in [0.1, 0.15) is 0 Å². The molecule has 2 aromatic rings. The first-order valence-corrected chi connectivity index (χ1v) is 9.86.